The monoisotopic (exact) mass is 251 g/mol. The van der Waals surface area contributed by atoms with Gasteiger partial charge in [-0.05, 0) is 0 Å². The van der Waals surface area contributed by atoms with Crippen LogP contribution in [0.15, 0.2) is 0 Å². The average Bonchev–Trinajstić information content (AvgIpc) is 1.78. The van der Waals surface area contributed by atoms with E-state index in [0.29, 0.717) is 0 Å². The van der Waals surface area contributed by atoms with Crippen LogP contribution in [0.5, 0.6) is 0 Å². The van der Waals surface area contributed by atoms with Crippen molar-refractivity contribution in [1.29, 1.82) is 5.26 Å². The van der Waals surface area contributed by atoms with Crippen LogP contribution in [0, 0.1) is 10.2 Å². The molecule has 0 aromatic heterocycles. The molecule has 0 saturated heterocycles. The van der Waals surface area contributed by atoms with Crippen molar-refractivity contribution in [3.63, 3.8) is 0 Å². The second-order valence-corrected chi connectivity index (χ2v) is 10.4. The summed E-state index contributed by atoms with van der Waals surface area (Å²) in [5.41, 5.74) is -0.0970. The normalized spacial score (nSPS) is 12.7. The van der Waals surface area contributed by atoms with E-state index >= 15 is 0 Å². The van der Waals surface area contributed by atoms with Gasteiger partial charge in [-0.15, -0.1) is 0 Å². The van der Waals surface area contributed by atoms with E-state index in [1.165, 1.54) is 0 Å². The second-order valence-electron chi connectivity index (χ2n) is 4.35. The summed E-state index contributed by atoms with van der Waals surface area (Å²) in [6, 6.07) is 0. The fourth-order valence-electron chi connectivity index (χ4n) is 1.06. The molecule has 0 rings (SSSR count). The fourth-order valence-corrected chi connectivity index (χ4v) is 4.02. The van der Waals surface area contributed by atoms with Crippen molar-refractivity contribution >= 4 is 23.3 Å². The van der Waals surface area contributed by atoms with Crippen LogP contribution in [0.4, 0.5) is 0 Å². The molecule has 0 aromatic carbocycles. The first-order chi connectivity index (χ1) is 5.27. The van der Waals surface area contributed by atoms with E-state index in [1.54, 1.807) is 0 Å². The van der Waals surface area contributed by atoms with E-state index in [0.717, 1.165) is 5.32 Å². The van der Waals surface area contributed by atoms with E-state index in [9.17, 15) is 0 Å². The third-order valence-electron chi connectivity index (χ3n) is 1.07. The van der Waals surface area contributed by atoms with Crippen LogP contribution < -0.4 is 0 Å². The summed E-state index contributed by atoms with van der Waals surface area (Å²) >= 11 is 0.0726. The topological polar surface area (TPSA) is 33.0 Å². The van der Waals surface area contributed by atoms with E-state index < -0.39 is 8.32 Å². The van der Waals surface area contributed by atoms with Crippen molar-refractivity contribution < 1.29 is 4.43 Å². The third-order valence-corrected chi connectivity index (χ3v) is 4.26. The van der Waals surface area contributed by atoms with Crippen molar-refractivity contribution in [3.05, 3.63) is 0 Å². The Balaban J connectivity index is 3.97. The van der Waals surface area contributed by atoms with E-state index in [-0.39, 0.29) is 20.6 Å². The first-order valence-corrected chi connectivity index (χ1v) is 9.45. The Morgan fingerprint density at radius 1 is 1.42 bits per heavy atom. The Bertz CT molecular complexity index is 180. The quantitative estimate of drug-likeness (QED) is 0.717. The Kier molecular flexibility index (Phi) is 4.50. The number of hydrogen-bond acceptors (Lipinski definition) is 2. The Morgan fingerprint density at radius 2 is 1.92 bits per heavy atom. The minimum absolute atomic E-state index is 0.0726. The Morgan fingerprint density at radius 3 is 2.25 bits per heavy atom. The van der Waals surface area contributed by atoms with Crippen LogP contribution in [0.1, 0.15) is 13.8 Å². The zero-order valence-corrected chi connectivity index (χ0v) is 11.2. The predicted octanol–water partition coefficient (Wildman–Crippen LogP) is 2.22. The van der Waals surface area contributed by atoms with Gasteiger partial charge in [-0.2, -0.15) is 0 Å². The zero-order chi connectivity index (χ0) is 9.83. The fraction of sp³-hybridized carbons (Fsp3) is 0.875. The number of rotatable bonds is 4. The van der Waals surface area contributed by atoms with Gasteiger partial charge < -0.3 is 0 Å². The molecule has 0 aliphatic heterocycles. The summed E-state index contributed by atoms with van der Waals surface area (Å²) in [7, 11) is -1.44. The second kappa shape index (κ2) is 4.43. The van der Waals surface area contributed by atoms with Gasteiger partial charge in [-0.1, -0.05) is 0 Å². The molecule has 12 heavy (non-hydrogen) atoms. The van der Waals surface area contributed by atoms with Crippen LogP contribution >= 0.6 is 0 Å². The van der Waals surface area contributed by atoms with Gasteiger partial charge in [0.05, 0.1) is 0 Å². The molecule has 4 heteroatoms. The maximum absolute atomic E-state index is 8.46. The van der Waals surface area contributed by atoms with Crippen LogP contribution in [0.2, 0.25) is 25.0 Å². The molecule has 0 heterocycles. The molecule has 0 bridgehead atoms. The predicted molar refractivity (Wildman–Crippen MR) is 54.7 cm³/mol. The first-order valence-electron chi connectivity index (χ1n) is 3.98. The van der Waals surface area contributed by atoms with Crippen LogP contribution in [-0.2, 0) is 4.43 Å². The van der Waals surface area contributed by atoms with Crippen LogP contribution in [0.25, 0.3) is 0 Å². The van der Waals surface area contributed by atoms with Gasteiger partial charge in [0.2, 0.25) is 0 Å². The van der Waals surface area contributed by atoms with Gasteiger partial charge in [0, 0.05) is 0 Å². The summed E-state index contributed by atoms with van der Waals surface area (Å²) in [5, 5.41) is 9.35. The molecule has 2 nitrogen and oxygen atoms in total. The molecule has 0 fully saturated rings. The maximum atomic E-state index is 8.46. The van der Waals surface area contributed by atoms with Gasteiger partial charge in [-0.25, -0.2) is 0 Å². The molecule has 0 amide bonds. The SMILES string of the molecule is CC(C)(C[Se]C#N)O[Si](C)(C)C. The van der Waals surface area contributed by atoms with Gasteiger partial charge in [0.25, 0.3) is 0 Å². The standard InChI is InChI=1S/C8H17NOSeSi/c1-8(2,6-11-7-9)10-12(3,4)5/h6H2,1-5H3. The molecule has 0 N–H and O–H groups in total. The van der Waals surface area contributed by atoms with Crippen molar-refractivity contribution in [2.24, 2.45) is 0 Å². The van der Waals surface area contributed by atoms with Gasteiger partial charge >= 0.3 is 82.3 Å². The summed E-state index contributed by atoms with van der Waals surface area (Å²) in [4.78, 5) is 2.21. The number of nitriles is 1. The van der Waals surface area contributed by atoms with Gasteiger partial charge in [0.1, 0.15) is 0 Å². The van der Waals surface area contributed by atoms with Crippen LogP contribution in [-0.4, -0.2) is 28.9 Å². The summed E-state index contributed by atoms with van der Waals surface area (Å²) < 4.78 is 5.93. The van der Waals surface area contributed by atoms with E-state index in [4.69, 9.17) is 9.69 Å². The van der Waals surface area contributed by atoms with Gasteiger partial charge in [0.15, 0.2) is 0 Å². The van der Waals surface area contributed by atoms with Crippen LogP contribution in [0.3, 0.4) is 0 Å². The van der Waals surface area contributed by atoms with Crippen molar-refractivity contribution in [2.75, 3.05) is 0 Å². The summed E-state index contributed by atoms with van der Waals surface area (Å²) in [6.45, 7) is 10.7. The average molecular weight is 250 g/mol. The number of hydrogen-bond donors (Lipinski definition) is 0. The van der Waals surface area contributed by atoms with Gasteiger partial charge in [-0.3, -0.25) is 0 Å². The molecule has 0 unspecified atom stereocenters. The van der Waals surface area contributed by atoms with Crippen molar-refractivity contribution in [2.45, 2.75) is 44.4 Å². The Labute approximate surface area is 82.6 Å². The molecule has 0 saturated carbocycles. The molecular weight excluding hydrogens is 233 g/mol. The first kappa shape index (κ1) is 12.2. The number of nitrogens with zero attached hydrogens (tertiary/aromatic N) is 1. The summed E-state index contributed by atoms with van der Waals surface area (Å²) in [5.74, 6) is 0. The minimum atomic E-state index is -1.44. The molecule has 70 valence electrons. The molecule has 0 radical (unpaired) electrons. The molecule has 0 aliphatic rings. The van der Waals surface area contributed by atoms with Crippen molar-refractivity contribution in [1.82, 2.24) is 0 Å². The molecular formula is C8H17NOSeSi. The third kappa shape index (κ3) is 6.87. The summed E-state index contributed by atoms with van der Waals surface area (Å²) in [6.07, 6.45) is 0. The van der Waals surface area contributed by atoms with E-state index in [1.807, 2.05) is 0 Å². The Hall–Kier alpha value is 0.186. The molecule has 0 atom stereocenters. The molecule has 0 spiro atoms. The zero-order valence-electron chi connectivity index (χ0n) is 8.47. The molecule has 0 aromatic rings. The molecule has 0 aliphatic carbocycles. The van der Waals surface area contributed by atoms with E-state index in [2.05, 4.69) is 38.5 Å². The van der Waals surface area contributed by atoms with Crippen molar-refractivity contribution in [3.8, 4) is 4.97 Å².